The zero-order valence-corrected chi connectivity index (χ0v) is 15.6. The van der Waals surface area contributed by atoms with Crippen LogP contribution in [0, 0.1) is 11.8 Å². The van der Waals surface area contributed by atoms with E-state index in [4.69, 9.17) is 4.74 Å². The third kappa shape index (κ3) is 4.48. The van der Waals surface area contributed by atoms with E-state index in [2.05, 4.69) is 5.32 Å². The van der Waals surface area contributed by atoms with Crippen molar-refractivity contribution in [3.63, 3.8) is 0 Å². The Morgan fingerprint density at radius 1 is 1.20 bits per heavy atom. The van der Waals surface area contributed by atoms with Crippen LogP contribution in [0.1, 0.15) is 50.9 Å². The van der Waals surface area contributed by atoms with E-state index in [1.807, 2.05) is 13.8 Å². The molecule has 1 aromatic rings. The van der Waals surface area contributed by atoms with Gasteiger partial charge in [0.15, 0.2) is 0 Å². The Bertz CT molecular complexity index is 719. The Kier molecular flexibility index (Phi) is 6.00. The summed E-state index contributed by atoms with van der Waals surface area (Å²) in [6, 6.07) is 1.59. The van der Waals surface area contributed by atoms with Crippen molar-refractivity contribution < 1.29 is 24.2 Å². The molecule has 2 rings (SSSR count). The first-order valence-electron chi connectivity index (χ1n) is 8.18. The molecule has 2 unspecified atom stereocenters. The number of rotatable bonds is 5. The average Bonchev–Trinajstić information content (AvgIpc) is 2.96. The molecule has 7 heteroatoms. The number of ether oxygens (including phenoxy) is 1. The van der Waals surface area contributed by atoms with Crippen LogP contribution in [-0.4, -0.2) is 29.1 Å². The molecule has 25 heavy (non-hydrogen) atoms. The number of carboxylic acids is 1. The molecule has 0 aromatic carbocycles. The number of amides is 1. The minimum absolute atomic E-state index is 0.263. The molecule has 0 saturated carbocycles. The van der Waals surface area contributed by atoms with Gasteiger partial charge in [0.2, 0.25) is 5.91 Å². The number of aliphatic carboxylic acids is 1. The second kappa shape index (κ2) is 7.82. The Morgan fingerprint density at radius 3 is 2.36 bits per heavy atom. The summed E-state index contributed by atoms with van der Waals surface area (Å²) in [6.07, 6.45) is 0.513. The number of carbonyl (C=O) groups is 3. The maximum atomic E-state index is 12.7. The van der Waals surface area contributed by atoms with E-state index in [1.54, 1.807) is 25.3 Å². The minimum Gasteiger partial charge on any atom is -0.481 e. The van der Waals surface area contributed by atoms with Gasteiger partial charge in [0.1, 0.15) is 5.00 Å². The molecule has 1 aliphatic carbocycles. The van der Waals surface area contributed by atoms with Gasteiger partial charge in [-0.25, -0.2) is 4.79 Å². The Hall–Kier alpha value is -2.15. The lowest BCUT2D eigenvalue weighted by Gasteiger charge is -2.29. The number of thiophene rings is 1. The topological polar surface area (TPSA) is 92.7 Å². The fourth-order valence-electron chi connectivity index (χ4n) is 2.88. The third-order valence-electron chi connectivity index (χ3n) is 4.39. The highest BCUT2D eigenvalue weighted by atomic mass is 32.1. The Morgan fingerprint density at radius 2 is 1.80 bits per heavy atom. The van der Waals surface area contributed by atoms with E-state index >= 15 is 0 Å². The zero-order valence-electron chi connectivity index (χ0n) is 14.8. The molecule has 0 spiro atoms. The van der Waals surface area contributed by atoms with Crippen molar-refractivity contribution in [1.29, 1.82) is 0 Å². The lowest BCUT2D eigenvalue weighted by Crippen LogP contribution is -2.36. The molecule has 2 N–H and O–H groups in total. The summed E-state index contributed by atoms with van der Waals surface area (Å²) in [4.78, 5) is 36.3. The van der Waals surface area contributed by atoms with E-state index in [9.17, 15) is 19.5 Å². The highest BCUT2D eigenvalue weighted by Crippen LogP contribution is 2.36. The van der Waals surface area contributed by atoms with Gasteiger partial charge in [-0.1, -0.05) is 11.1 Å². The molecule has 0 saturated heterocycles. The maximum Gasteiger partial charge on any atom is 0.341 e. The minimum atomic E-state index is -0.974. The van der Waals surface area contributed by atoms with E-state index in [0.717, 1.165) is 11.1 Å². The Balaban J connectivity index is 2.18. The maximum absolute atomic E-state index is 12.7. The van der Waals surface area contributed by atoms with Gasteiger partial charge < -0.3 is 15.2 Å². The van der Waals surface area contributed by atoms with Gasteiger partial charge >= 0.3 is 11.9 Å². The van der Waals surface area contributed by atoms with Gasteiger partial charge in [-0.3, -0.25) is 9.59 Å². The summed E-state index contributed by atoms with van der Waals surface area (Å²) in [7, 11) is 0. The van der Waals surface area contributed by atoms with Crippen LogP contribution in [0.2, 0.25) is 0 Å². The second-order valence-corrected chi connectivity index (χ2v) is 7.54. The van der Waals surface area contributed by atoms with Gasteiger partial charge in [0.05, 0.1) is 23.5 Å². The van der Waals surface area contributed by atoms with Crippen LogP contribution < -0.4 is 5.32 Å². The van der Waals surface area contributed by atoms with Crippen LogP contribution >= 0.6 is 11.3 Å². The summed E-state index contributed by atoms with van der Waals surface area (Å²) < 4.78 is 5.17. The van der Waals surface area contributed by atoms with Crippen LogP contribution in [-0.2, 0) is 14.3 Å². The van der Waals surface area contributed by atoms with Crippen LogP contribution in [0.25, 0.3) is 0 Å². The highest BCUT2D eigenvalue weighted by molar-refractivity contribution is 7.14. The van der Waals surface area contributed by atoms with Crippen molar-refractivity contribution in [3.05, 3.63) is 28.2 Å². The standard InChI is InChI=1S/C18H23NO5S/c1-9(2)24-18(23)12-5-6-25-16(12)19-15(20)13-7-10(3)11(4)8-14(13)17(21)22/h5-6,9,13-14H,7-8H2,1-4H3,(H,19,20)(H,21,22). The number of nitrogens with one attached hydrogen (secondary N) is 1. The number of carbonyl (C=O) groups excluding carboxylic acids is 2. The lowest BCUT2D eigenvalue weighted by atomic mass is 9.76. The first-order valence-corrected chi connectivity index (χ1v) is 9.06. The van der Waals surface area contributed by atoms with E-state index in [1.165, 1.54) is 11.3 Å². The summed E-state index contributed by atoms with van der Waals surface area (Å²) in [6.45, 7) is 7.32. The van der Waals surface area contributed by atoms with Crippen molar-refractivity contribution >= 4 is 34.2 Å². The van der Waals surface area contributed by atoms with Crippen LogP contribution in [0.4, 0.5) is 5.00 Å². The van der Waals surface area contributed by atoms with Crippen LogP contribution in [0.5, 0.6) is 0 Å². The van der Waals surface area contributed by atoms with Crippen molar-refractivity contribution in [2.45, 2.75) is 46.6 Å². The molecule has 1 aliphatic rings. The molecule has 0 bridgehead atoms. The van der Waals surface area contributed by atoms with Gasteiger partial charge in [0.25, 0.3) is 0 Å². The average molecular weight is 365 g/mol. The quantitative estimate of drug-likeness (QED) is 0.613. The van der Waals surface area contributed by atoms with Crippen molar-refractivity contribution in [2.24, 2.45) is 11.8 Å². The number of carboxylic acid groups (broad SMARTS) is 1. The first kappa shape index (κ1) is 19.2. The molecule has 136 valence electrons. The summed E-state index contributed by atoms with van der Waals surface area (Å²) in [5.74, 6) is -3.26. The highest BCUT2D eigenvalue weighted by Gasteiger charge is 2.37. The van der Waals surface area contributed by atoms with E-state index in [-0.39, 0.29) is 17.6 Å². The Labute approximate surface area is 150 Å². The van der Waals surface area contributed by atoms with E-state index < -0.39 is 23.8 Å². The number of hydrogen-bond acceptors (Lipinski definition) is 5. The van der Waals surface area contributed by atoms with Gasteiger partial charge in [-0.05, 0) is 52.0 Å². The molecule has 6 nitrogen and oxygen atoms in total. The number of hydrogen-bond donors (Lipinski definition) is 2. The van der Waals surface area contributed by atoms with Gasteiger partial charge in [-0.15, -0.1) is 11.3 Å². The summed E-state index contributed by atoms with van der Waals surface area (Å²) >= 11 is 1.22. The van der Waals surface area contributed by atoms with Crippen molar-refractivity contribution in [1.82, 2.24) is 0 Å². The normalized spacial score (nSPS) is 20.5. The molecule has 0 fully saturated rings. The monoisotopic (exact) mass is 365 g/mol. The van der Waals surface area contributed by atoms with Crippen molar-refractivity contribution in [3.8, 4) is 0 Å². The molecular formula is C18H23NO5S. The smallest absolute Gasteiger partial charge is 0.341 e. The molecule has 0 aliphatic heterocycles. The van der Waals surface area contributed by atoms with Crippen molar-refractivity contribution in [2.75, 3.05) is 5.32 Å². The fraction of sp³-hybridized carbons (Fsp3) is 0.500. The predicted molar refractivity (Wildman–Crippen MR) is 95.7 cm³/mol. The largest absolute Gasteiger partial charge is 0.481 e. The van der Waals surface area contributed by atoms with Crippen LogP contribution in [0.3, 0.4) is 0 Å². The molecule has 2 atom stereocenters. The predicted octanol–water partition coefficient (Wildman–Crippen LogP) is 3.70. The molecular weight excluding hydrogens is 342 g/mol. The van der Waals surface area contributed by atoms with E-state index in [0.29, 0.717) is 17.8 Å². The zero-order chi connectivity index (χ0) is 18.7. The van der Waals surface area contributed by atoms with Gasteiger partial charge in [-0.2, -0.15) is 0 Å². The third-order valence-corrected chi connectivity index (χ3v) is 5.21. The first-order chi connectivity index (χ1) is 11.7. The molecule has 1 amide bonds. The van der Waals surface area contributed by atoms with Crippen LogP contribution in [0.15, 0.2) is 22.6 Å². The summed E-state index contributed by atoms with van der Waals surface area (Å²) in [5, 5.41) is 14.3. The molecule has 1 heterocycles. The second-order valence-electron chi connectivity index (χ2n) is 6.63. The number of allylic oxidation sites excluding steroid dienone is 2. The molecule has 0 radical (unpaired) electrons. The number of esters is 1. The summed E-state index contributed by atoms with van der Waals surface area (Å²) in [5.41, 5.74) is 2.36. The fourth-order valence-corrected chi connectivity index (χ4v) is 3.65. The lowest BCUT2D eigenvalue weighted by molar-refractivity contribution is -0.146. The number of anilines is 1. The molecule has 1 aromatic heterocycles. The van der Waals surface area contributed by atoms with Gasteiger partial charge in [0, 0.05) is 0 Å². The SMILES string of the molecule is CC1=C(C)CC(C(=O)Nc2sccc2C(=O)OC(C)C)C(C(=O)O)C1.